The van der Waals surface area contributed by atoms with Crippen molar-refractivity contribution >= 4 is 47.6 Å². The third-order valence-electron chi connectivity index (χ3n) is 6.34. The predicted molar refractivity (Wildman–Crippen MR) is 141 cm³/mol. The second kappa shape index (κ2) is 9.37. The predicted octanol–water partition coefficient (Wildman–Crippen LogP) is 5.09. The molecule has 0 unspecified atom stereocenters. The molecule has 1 N–H and O–H groups in total. The molecule has 1 amide bonds. The fraction of sp³-hybridized carbons (Fsp3) is 0.440. The lowest BCUT2D eigenvalue weighted by atomic mass is 10.1. The summed E-state index contributed by atoms with van der Waals surface area (Å²) in [4.78, 5) is 22.7. The van der Waals surface area contributed by atoms with Crippen LogP contribution in [-0.2, 0) is 18.5 Å². The van der Waals surface area contributed by atoms with Gasteiger partial charge in [0.1, 0.15) is 23.6 Å². The highest BCUT2D eigenvalue weighted by molar-refractivity contribution is 6.76. The van der Waals surface area contributed by atoms with E-state index in [2.05, 4.69) is 30.1 Å². The summed E-state index contributed by atoms with van der Waals surface area (Å²) in [5.41, 5.74) is 3.91. The summed E-state index contributed by atoms with van der Waals surface area (Å²) in [6, 6.07) is 6.73. The Bertz CT molecular complexity index is 1400. The Morgan fingerprint density at radius 2 is 2.09 bits per heavy atom. The number of hydrogen-bond donors (Lipinski definition) is 1. The first-order valence-corrected chi connectivity index (χ1v) is 16.1. The number of rotatable bonds is 9. The molecule has 0 aliphatic heterocycles. The van der Waals surface area contributed by atoms with E-state index in [0.29, 0.717) is 58.9 Å². The molecule has 1 saturated carbocycles. The van der Waals surface area contributed by atoms with Crippen LogP contribution in [0.5, 0.6) is 0 Å². The molecule has 3 aromatic heterocycles. The molecule has 0 spiro atoms. The molecule has 1 aromatic carbocycles. The van der Waals surface area contributed by atoms with Gasteiger partial charge >= 0.3 is 0 Å². The number of hydrogen-bond acceptors (Lipinski definition) is 5. The van der Waals surface area contributed by atoms with Crippen LogP contribution in [0, 0.1) is 5.92 Å². The van der Waals surface area contributed by atoms with Gasteiger partial charge in [-0.1, -0.05) is 31.2 Å². The van der Waals surface area contributed by atoms with Crippen molar-refractivity contribution < 1.29 is 9.53 Å². The monoisotopic (exact) mass is 510 g/mol. The molecule has 0 atom stereocenters. The first-order chi connectivity index (χ1) is 16.7. The van der Waals surface area contributed by atoms with Crippen molar-refractivity contribution in [3.8, 4) is 11.4 Å². The molecule has 0 radical (unpaired) electrons. The van der Waals surface area contributed by atoms with Crippen molar-refractivity contribution in [3.05, 3.63) is 41.2 Å². The van der Waals surface area contributed by atoms with Gasteiger partial charge in [-0.15, -0.1) is 0 Å². The van der Waals surface area contributed by atoms with Crippen LogP contribution in [0.15, 0.2) is 30.6 Å². The Kier molecular flexibility index (Phi) is 6.41. The molecule has 0 bridgehead atoms. The van der Waals surface area contributed by atoms with Gasteiger partial charge in [0.2, 0.25) is 0 Å². The number of carbonyl (C=O) groups is 1. The average molecular weight is 511 g/mol. The third kappa shape index (κ3) is 5.27. The van der Waals surface area contributed by atoms with Gasteiger partial charge in [0.15, 0.2) is 5.65 Å². The first kappa shape index (κ1) is 24.0. The number of benzene rings is 1. The molecular formula is C25H31ClN6O2Si. The minimum Gasteiger partial charge on any atom is -0.361 e. The Balaban J connectivity index is 1.51. The highest BCUT2D eigenvalue weighted by Gasteiger charge is 2.24. The van der Waals surface area contributed by atoms with Crippen LogP contribution in [0.2, 0.25) is 30.7 Å². The van der Waals surface area contributed by atoms with E-state index in [4.69, 9.17) is 26.3 Å². The lowest BCUT2D eigenvalue weighted by Gasteiger charge is -2.15. The lowest BCUT2D eigenvalue weighted by Crippen LogP contribution is -2.25. The number of carbonyl (C=O) groups excluding carboxylic acids is 1. The maximum absolute atomic E-state index is 13.1. The van der Waals surface area contributed by atoms with Crippen molar-refractivity contribution in [3.63, 3.8) is 0 Å². The summed E-state index contributed by atoms with van der Waals surface area (Å²) in [6.07, 6.45) is 5.87. The highest BCUT2D eigenvalue weighted by Crippen LogP contribution is 2.30. The van der Waals surface area contributed by atoms with Crippen molar-refractivity contribution in [1.29, 1.82) is 0 Å². The van der Waals surface area contributed by atoms with Crippen LogP contribution in [0.1, 0.15) is 23.2 Å². The summed E-state index contributed by atoms with van der Waals surface area (Å²) in [5.74, 6) is 0.456. The van der Waals surface area contributed by atoms with Crippen molar-refractivity contribution in [2.75, 3.05) is 13.2 Å². The Hall–Kier alpha value is -2.75. The molecule has 1 aliphatic rings. The second-order valence-corrected chi connectivity index (χ2v) is 16.6. The summed E-state index contributed by atoms with van der Waals surface area (Å²) in [7, 11) is 0.684. The Morgan fingerprint density at radius 3 is 2.83 bits per heavy atom. The summed E-state index contributed by atoms with van der Waals surface area (Å²) in [6.45, 7) is 8.68. The van der Waals surface area contributed by atoms with Crippen molar-refractivity contribution in [2.45, 2.75) is 45.3 Å². The topological polar surface area (TPSA) is 86.9 Å². The van der Waals surface area contributed by atoms with Gasteiger partial charge in [0.05, 0.1) is 17.3 Å². The Labute approximate surface area is 210 Å². The van der Waals surface area contributed by atoms with Crippen LogP contribution < -0.4 is 5.32 Å². The maximum atomic E-state index is 13.1. The zero-order valence-corrected chi connectivity index (χ0v) is 22.4. The van der Waals surface area contributed by atoms with E-state index in [-0.39, 0.29) is 5.91 Å². The number of aryl methyl sites for hydroxylation is 1. The van der Waals surface area contributed by atoms with Crippen LogP contribution in [0.25, 0.3) is 33.5 Å². The molecule has 1 aliphatic carbocycles. The maximum Gasteiger partial charge on any atom is 0.255 e. The molecule has 4 aromatic rings. The van der Waals surface area contributed by atoms with Gasteiger partial charge in [-0.05, 0) is 43.0 Å². The molecule has 35 heavy (non-hydrogen) atoms. The van der Waals surface area contributed by atoms with Crippen LogP contribution in [0.3, 0.4) is 0 Å². The largest absolute Gasteiger partial charge is 0.361 e. The summed E-state index contributed by atoms with van der Waals surface area (Å²) < 4.78 is 9.62. The van der Waals surface area contributed by atoms with E-state index in [1.807, 2.05) is 36.0 Å². The van der Waals surface area contributed by atoms with Gasteiger partial charge < -0.3 is 14.6 Å². The fourth-order valence-corrected chi connectivity index (χ4v) is 4.97. The molecule has 184 valence electrons. The second-order valence-electron chi connectivity index (χ2n) is 10.6. The standard InChI is InChI=1S/C25H31ClN6O2Si/c1-31-21-11-17(26)7-8-18(21)22(30-31)20-13-27-24-23(29-20)19(25(33)28-12-16-5-6-16)14-32(24)15-34-9-10-35(2,3)4/h7-8,11,13-14,16H,5-6,9-10,12,15H2,1-4H3,(H,28,33). The van der Waals surface area contributed by atoms with Gasteiger partial charge in [-0.3, -0.25) is 9.48 Å². The SMILES string of the molecule is Cn1nc(-c2cnc3c(n2)c(C(=O)NCC2CC2)cn3COCC[Si](C)(C)C)c2ccc(Cl)cc21. The van der Waals surface area contributed by atoms with Gasteiger partial charge in [0, 0.05) is 44.9 Å². The van der Waals surface area contributed by atoms with Gasteiger partial charge in [0.25, 0.3) is 5.91 Å². The van der Waals surface area contributed by atoms with E-state index < -0.39 is 8.07 Å². The molecular weight excluding hydrogens is 480 g/mol. The van der Waals surface area contributed by atoms with Crippen molar-refractivity contribution in [1.82, 2.24) is 29.6 Å². The van der Waals surface area contributed by atoms with E-state index in [0.717, 1.165) is 16.9 Å². The number of fused-ring (bicyclic) bond motifs is 2. The number of halogens is 1. The molecule has 8 nitrogen and oxygen atoms in total. The zero-order chi connectivity index (χ0) is 24.7. The number of aromatic nitrogens is 5. The van der Waals surface area contributed by atoms with E-state index in [1.165, 1.54) is 12.8 Å². The van der Waals surface area contributed by atoms with Gasteiger partial charge in [-0.25, -0.2) is 9.97 Å². The lowest BCUT2D eigenvalue weighted by molar-refractivity contribution is 0.0891. The average Bonchev–Trinajstić information content (AvgIpc) is 3.50. The number of amides is 1. The molecule has 1 fully saturated rings. The fourth-order valence-electron chi connectivity index (χ4n) is 4.05. The summed E-state index contributed by atoms with van der Waals surface area (Å²) >= 11 is 6.19. The van der Waals surface area contributed by atoms with Crippen LogP contribution >= 0.6 is 11.6 Å². The first-order valence-electron chi connectivity index (χ1n) is 12.0. The minimum atomic E-state index is -1.19. The number of nitrogens with zero attached hydrogens (tertiary/aromatic N) is 5. The van der Waals surface area contributed by atoms with E-state index in [1.54, 1.807) is 10.9 Å². The third-order valence-corrected chi connectivity index (χ3v) is 8.28. The molecule has 10 heteroatoms. The highest BCUT2D eigenvalue weighted by atomic mass is 35.5. The van der Waals surface area contributed by atoms with Gasteiger partial charge in [-0.2, -0.15) is 5.10 Å². The normalized spacial score (nSPS) is 14.2. The van der Waals surface area contributed by atoms with Crippen molar-refractivity contribution in [2.24, 2.45) is 13.0 Å². The van der Waals surface area contributed by atoms with Crippen LogP contribution in [-0.4, -0.2) is 51.4 Å². The smallest absolute Gasteiger partial charge is 0.255 e. The quantitative estimate of drug-likeness (QED) is 0.250. The molecule has 5 rings (SSSR count). The number of ether oxygens (including phenoxy) is 1. The zero-order valence-electron chi connectivity index (χ0n) is 20.6. The number of nitrogens with one attached hydrogen (secondary N) is 1. The van der Waals surface area contributed by atoms with E-state index in [9.17, 15) is 4.79 Å². The molecule has 0 saturated heterocycles. The van der Waals surface area contributed by atoms with Crippen LogP contribution in [0.4, 0.5) is 0 Å². The summed E-state index contributed by atoms with van der Waals surface area (Å²) in [5, 5.41) is 9.31. The Morgan fingerprint density at radius 1 is 1.29 bits per heavy atom. The van der Waals surface area contributed by atoms with E-state index >= 15 is 0 Å². The minimum absolute atomic E-state index is 0.133. The molecule has 3 heterocycles.